The topological polar surface area (TPSA) is 79.7 Å². The zero-order valence-corrected chi connectivity index (χ0v) is 20.5. The Morgan fingerprint density at radius 3 is 2.57 bits per heavy atom. The summed E-state index contributed by atoms with van der Waals surface area (Å²) in [4.78, 5) is 32.1. The predicted octanol–water partition coefficient (Wildman–Crippen LogP) is 2.76. The van der Waals surface area contributed by atoms with Crippen molar-refractivity contribution < 1.29 is 22.7 Å². The van der Waals surface area contributed by atoms with Gasteiger partial charge in [0.25, 0.3) is 0 Å². The van der Waals surface area contributed by atoms with E-state index in [1.165, 1.54) is 13.2 Å². The minimum absolute atomic E-state index is 0.0617. The number of hydrogen-bond donors (Lipinski definition) is 1. The number of alkyl halides is 3. The first-order valence-electron chi connectivity index (χ1n) is 11.4. The number of fused-ring (bicyclic) bond motifs is 1. The van der Waals surface area contributed by atoms with E-state index in [9.17, 15) is 22.8 Å². The number of rotatable bonds is 6. The number of nitrogens with zero attached hydrogens (tertiary/aromatic N) is 4. The van der Waals surface area contributed by atoms with Gasteiger partial charge in [0.15, 0.2) is 0 Å². The van der Waals surface area contributed by atoms with Gasteiger partial charge in [-0.05, 0) is 50.9 Å². The van der Waals surface area contributed by atoms with Crippen molar-refractivity contribution in [1.29, 1.82) is 0 Å². The number of amides is 1. The lowest BCUT2D eigenvalue weighted by atomic mass is 9.97. The second-order valence-electron chi connectivity index (χ2n) is 8.65. The second kappa shape index (κ2) is 10.5. The molecule has 0 bridgehead atoms. The van der Waals surface area contributed by atoms with Gasteiger partial charge in [0, 0.05) is 31.7 Å². The van der Waals surface area contributed by atoms with Crippen molar-refractivity contribution in [3.8, 4) is 5.75 Å². The molecule has 35 heavy (non-hydrogen) atoms. The largest absolute Gasteiger partial charge is 0.495 e. The molecule has 1 aromatic carbocycles. The summed E-state index contributed by atoms with van der Waals surface area (Å²) in [6.07, 6.45) is -1.07. The molecule has 4 rings (SSSR count). The van der Waals surface area contributed by atoms with Gasteiger partial charge in [0.2, 0.25) is 5.91 Å². The van der Waals surface area contributed by atoms with Crippen LogP contribution in [0, 0.1) is 0 Å². The van der Waals surface area contributed by atoms with Gasteiger partial charge in [0.1, 0.15) is 10.8 Å². The average molecular weight is 512 g/mol. The number of halogens is 3. The number of benzene rings is 1. The summed E-state index contributed by atoms with van der Waals surface area (Å²) in [5.74, 6) is -0.486. The first kappa shape index (κ1) is 25.4. The number of carbonyl (C=O) groups is 1. The molecule has 0 radical (unpaired) electrons. The van der Waals surface area contributed by atoms with Crippen LogP contribution in [0.4, 0.5) is 18.9 Å². The molecule has 1 saturated heterocycles. The standard InChI is InChI=1S/C23H28F3N5O3S/c1-29-9-11-30(12-10-29)31-18-6-4-3-5-16(18)21(28-22(31)33)35-14-20(32)27-17-13-15(23(24,25)26)7-8-19(17)34-2/h7-8,13H,3-6,9-12,14H2,1-2H3,(H,27,32). The summed E-state index contributed by atoms with van der Waals surface area (Å²) >= 11 is 1.13. The summed E-state index contributed by atoms with van der Waals surface area (Å²) in [5.41, 5.74) is 0.614. The molecule has 1 fully saturated rings. The van der Waals surface area contributed by atoms with Gasteiger partial charge in [-0.2, -0.15) is 18.2 Å². The molecule has 12 heteroatoms. The number of ether oxygens (including phenoxy) is 1. The number of methoxy groups -OCH3 is 1. The number of likely N-dealkylation sites (N-methyl/N-ethyl adjacent to an activating group) is 1. The highest BCUT2D eigenvalue weighted by atomic mass is 32.2. The van der Waals surface area contributed by atoms with Gasteiger partial charge in [-0.3, -0.25) is 4.79 Å². The van der Waals surface area contributed by atoms with E-state index in [0.29, 0.717) is 5.03 Å². The highest BCUT2D eigenvalue weighted by Gasteiger charge is 2.31. The summed E-state index contributed by atoms with van der Waals surface area (Å²) in [6, 6.07) is 2.91. The highest BCUT2D eigenvalue weighted by molar-refractivity contribution is 8.00. The summed E-state index contributed by atoms with van der Waals surface area (Å²) in [7, 11) is 3.37. The minimum atomic E-state index is -4.54. The predicted molar refractivity (Wildman–Crippen MR) is 128 cm³/mol. The van der Waals surface area contributed by atoms with Crippen LogP contribution in [0.3, 0.4) is 0 Å². The van der Waals surface area contributed by atoms with E-state index in [0.717, 1.165) is 87.0 Å². The number of anilines is 1. The number of aromatic nitrogens is 2. The normalized spacial score (nSPS) is 16.7. The number of carbonyl (C=O) groups excluding carboxylic acids is 1. The van der Waals surface area contributed by atoms with Gasteiger partial charge in [-0.25, -0.2) is 9.47 Å². The van der Waals surface area contributed by atoms with Crippen LogP contribution in [-0.4, -0.2) is 66.6 Å². The molecule has 0 atom stereocenters. The molecule has 0 unspecified atom stereocenters. The monoisotopic (exact) mass is 511 g/mol. The fraction of sp³-hybridized carbons (Fsp3) is 0.522. The SMILES string of the molecule is COc1ccc(C(F)(F)F)cc1NC(=O)CSc1nc(=O)n(N2CCN(C)CC2)c2c1CCCC2. The maximum Gasteiger partial charge on any atom is 0.416 e. The molecule has 1 aromatic heterocycles. The summed E-state index contributed by atoms with van der Waals surface area (Å²) in [6.45, 7) is 3.18. The quantitative estimate of drug-likeness (QED) is 0.472. The Morgan fingerprint density at radius 1 is 1.17 bits per heavy atom. The zero-order valence-electron chi connectivity index (χ0n) is 19.7. The van der Waals surface area contributed by atoms with Crippen LogP contribution >= 0.6 is 11.8 Å². The molecule has 2 aliphatic rings. The Kier molecular flexibility index (Phi) is 7.60. The lowest BCUT2D eigenvalue weighted by Gasteiger charge is -2.37. The van der Waals surface area contributed by atoms with Crippen molar-refractivity contribution in [3.05, 3.63) is 45.5 Å². The molecular formula is C23H28F3N5O3S. The molecule has 1 amide bonds. The fourth-order valence-corrected chi connectivity index (χ4v) is 5.26. The lowest BCUT2D eigenvalue weighted by molar-refractivity contribution is -0.137. The van der Waals surface area contributed by atoms with Crippen molar-refractivity contribution in [2.45, 2.75) is 36.9 Å². The first-order valence-corrected chi connectivity index (χ1v) is 12.4. The van der Waals surface area contributed by atoms with E-state index in [4.69, 9.17) is 4.74 Å². The number of piperazine rings is 1. The molecule has 2 aromatic rings. The molecule has 8 nitrogen and oxygen atoms in total. The molecule has 2 heterocycles. The molecule has 190 valence electrons. The molecule has 0 spiro atoms. The maximum atomic E-state index is 13.1. The number of thioether (sulfide) groups is 1. The van der Waals surface area contributed by atoms with Gasteiger partial charge >= 0.3 is 11.9 Å². The molecule has 0 saturated carbocycles. The maximum absolute atomic E-state index is 13.1. The van der Waals surface area contributed by atoms with E-state index < -0.39 is 17.6 Å². The van der Waals surface area contributed by atoms with E-state index in [1.807, 2.05) is 12.1 Å². The highest BCUT2D eigenvalue weighted by Crippen LogP contribution is 2.35. The Bertz CT molecular complexity index is 1150. The van der Waals surface area contributed by atoms with Crippen LogP contribution in [0.1, 0.15) is 29.7 Å². The van der Waals surface area contributed by atoms with Crippen LogP contribution < -0.4 is 20.8 Å². The number of hydrogen-bond acceptors (Lipinski definition) is 7. The summed E-state index contributed by atoms with van der Waals surface area (Å²) < 4.78 is 46.1. The van der Waals surface area contributed by atoms with Gasteiger partial charge < -0.3 is 20.0 Å². The molecule has 1 aliphatic carbocycles. The average Bonchev–Trinajstić information content (AvgIpc) is 2.83. The van der Waals surface area contributed by atoms with Gasteiger partial charge in [0.05, 0.1) is 29.8 Å². The molecule has 1 N–H and O–H groups in total. The third kappa shape index (κ3) is 5.75. The van der Waals surface area contributed by atoms with Gasteiger partial charge in [-0.15, -0.1) is 0 Å². The van der Waals surface area contributed by atoms with E-state index >= 15 is 0 Å². The third-order valence-electron chi connectivity index (χ3n) is 6.23. The number of nitrogens with one attached hydrogen (secondary N) is 1. The van der Waals surface area contributed by atoms with Crippen LogP contribution in [0.15, 0.2) is 28.0 Å². The van der Waals surface area contributed by atoms with E-state index in [-0.39, 0.29) is 22.9 Å². The van der Waals surface area contributed by atoms with Crippen LogP contribution in [0.25, 0.3) is 0 Å². The van der Waals surface area contributed by atoms with Crippen molar-refractivity contribution in [2.24, 2.45) is 0 Å². The van der Waals surface area contributed by atoms with E-state index in [2.05, 4.69) is 15.2 Å². The lowest BCUT2D eigenvalue weighted by Crippen LogP contribution is -2.54. The smallest absolute Gasteiger partial charge is 0.416 e. The molecular weight excluding hydrogens is 483 g/mol. The van der Waals surface area contributed by atoms with Crippen molar-refractivity contribution in [3.63, 3.8) is 0 Å². The van der Waals surface area contributed by atoms with E-state index in [1.54, 1.807) is 4.68 Å². The first-order chi connectivity index (χ1) is 16.7. The van der Waals surface area contributed by atoms with Crippen molar-refractivity contribution in [2.75, 3.05) is 56.4 Å². The minimum Gasteiger partial charge on any atom is -0.495 e. The third-order valence-corrected chi connectivity index (χ3v) is 7.25. The Hall–Kier alpha value is -2.73. The van der Waals surface area contributed by atoms with Crippen LogP contribution in [0.2, 0.25) is 0 Å². The fourth-order valence-electron chi connectivity index (χ4n) is 4.38. The van der Waals surface area contributed by atoms with Crippen molar-refractivity contribution >= 4 is 23.4 Å². The van der Waals surface area contributed by atoms with Crippen molar-refractivity contribution in [1.82, 2.24) is 14.6 Å². The Labute approximate surface area is 205 Å². The van der Waals surface area contributed by atoms with Crippen LogP contribution in [0.5, 0.6) is 5.75 Å². The molecule has 1 aliphatic heterocycles. The summed E-state index contributed by atoms with van der Waals surface area (Å²) in [5, 5.41) is 5.05. The van der Waals surface area contributed by atoms with Gasteiger partial charge in [-0.1, -0.05) is 11.8 Å². The zero-order chi connectivity index (χ0) is 25.2. The van der Waals surface area contributed by atoms with Crippen LogP contribution in [-0.2, 0) is 23.8 Å². The second-order valence-corrected chi connectivity index (χ2v) is 9.61. The Morgan fingerprint density at radius 2 is 1.89 bits per heavy atom. The Balaban J connectivity index is 1.52.